The third-order valence-electron chi connectivity index (χ3n) is 5.34. The number of aryl methyl sites for hydroxylation is 2. The van der Waals surface area contributed by atoms with Crippen molar-refractivity contribution in [2.45, 2.75) is 39.2 Å². The Morgan fingerprint density at radius 1 is 1.30 bits per heavy atom. The molecule has 0 spiro atoms. The topological polar surface area (TPSA) is 74.3 Å². The van der Waals surface area contributed by atoms with Gasteiger partial charge in [0.05, 0.1) is 30.9 Å². The molecule has 1 atom stereocenters. The Morgan fingerprint density at radius 3 is 2.74 bits per heavy atom. The summed E-state index contributed by atoms with van der Waals surface area (Å²) >= 11 is 0. The molecule has 2 aliphatic heterocycles. The number of rotatable bonds is 2. The number of anilines is 1. The van der Waals surface area contributed by atoms with Gasteiger partial charge in [-0.2, -0.15) is 10.4 Å². The first-order valence-corrected chi connectivity index (χ1v) is 10.2. The van der Waals surface area contributed by atoms with Crippen LogP contribution < -0.4 is 10.2 Å². The second kappa shape index (κ2) is 6.14. The number of nitriles is 1. The van der Waals surface area contributed by atoms with Crippen LogP contribution in [0.3, 0.4) is 0 Å². The van der Waals surface area contributed by atoms with Gasteiger partial charge in [-0.3, -0.25) is 0 Å². The van der Waals surface area contributed by atoms with Gasteiger partial charge >= 0.3 is 7.80 Å². The zero-order chi connectivity index (χ0) is 19.3. The summed E-state index contributed by atoms with van der Waals surface area (Å²) in [5.41, 5.74) is 3.83. The Bertz CT molecular complexity index is 1070. The van der Waals surface area contributed by atoms with Crippen molar-refractivity contribution >= 4 is 30.8 Å². The first kappa shape index (κ1) is 17.6. The van der Waals surface area contributed by atoms with E-state index in [0.717, 1.165) is 22.4 Å². The van der Waals surface area contributed by atoms with Crippen molar-refractivity contribution in [2.24, 2.45) is 4.99 Å². The van der Waals surface area contributed by atoms with E-state index in [1.807, 2.05) is 26.1 Å². The van der Waals surface area contributed by atoms with Crippen LogP contribution in [0.5, 0.6) is 0 Å². The molecule has 0 saturated heterocycles. The van der Waals surface area contributed by atoms with Gasteiger partial charge in [0.15, 0.2) is 0 Å². The van der Waals surface area contributed by atoms with E-state index in [4.69, 9.17) is 5.26 Å². The lowest BCUT2D eigenvalue weighted by Crippen LogP contribution is -2.26. The van der Waals surface area contributed by atoms with Gasteiger partial charge in [0.1, 0.15) is 5.69 Å². The maximum atomic E-state index is 13.6. The van der Waals surface area contributed by atoms with Crippen molar-refractivity contribution in [3.05, 3.63) is 46.5 Å². The van der Waals surface area contributed by atoms with E-state index in [0.29, 0.717) is 24.1 Å². The van der Waals surface area contributed by atoms with Gasteiger partial charge in [0.2, 0.25) is 11.1 Å². The van der Waals surface area contributed by atoms with Crippen molar-refractivity contribution in [2.75, 3.05) is 11.9 Å². The molecular formula is C20H21N5OP+. The molecule has 6 nitrogen and oxygen atoms in total. The first-order valence-electron chi connectivity index (χ1n) is 8.91. The Labute approximate surface area is 159 Å². The number of benzene rings is 1. The van der Waals surface area contributed by atoms with Crippen LogP contribution in [0.4, 0.5) is 11.5 Å². The summed E-state index contributed by atoms with van der Waals surface area (Å²) in [7, 11) is 0.207. The lowest BCUT2D eigenvalue weighted by atomic mass is 9.84. The number of para-hydroxylation sites is 1. The van der Waals surface area contributed by atoms with Crippen molar-refractivity contribution in [3.8, 4) is 6.07 Å². The number of aromatic nitrogens is 2. The lowest BCUT2D eigenvalue weighted by Gasteiger charge is -2.23. The molecule has 136 valence electrons. The third kappa shape index (κ3) is 2.46. The molecule has 7 heteroatoms. The molecule has 0 bridgehead atoms. The van der Waals surface area contributed by atoms with Crippen molar-refractivity contribution in [1.29, 1.82) is 5.26 Å². The predicted molar refractivity (Wildman–Crippen MR) is 107 cm³/mol. The van der Waals surface area contributed by atoms with Crippen LogP contribution in [0.1, 0.15) is 31.5 Å². The molecule has 1 unspecified atom stereocenters. The largest absolute Gasteiger partial charge is 0.424 e. The summed E-state index contributed by atoms with van der Waals surface area (Å²) in [5.74, 6) is 0.615. The van der Waals surface area contributed by atoms with Crippen LogP contribution in [0, 0.1) is 18.3 Å². The van der Waals surface area contributed by atoms with E-state index >= 15 is 0 Å². The summed E-state index contributed by atoms with van der Waals surface area (Å²) in [6.07, 6.45) is 2.07. The minimum atomic E-state index is -1.81. The SMILES string of the molecule is Cc1nn(CCC#N)c2c1[P+](=O)C(=C1N(C)c3ccccc3C1(C)C)C=N2. The molecule has 2 aromatic rings. The molecule has 4 rings (SSSR count). The smallest absolute Gasteiger partial charge is 0.343 e. The van der Waals surface area contributed by atoms with Crippen molar-refractivity contribution in [3.63, 3.8) is 0 Å². The van der Waals surface area contributed by atoms with Crippen LogP contribution >= 0.6 is 7.80 Å². The van der Waals surface area contributed by atoms with Crippen LogP contribution in [0.15, 0.2) is 40.3 Å². The summed E-state index contributed by atoms with van der Waals surface area (Å²) in [6, 6.07) is 10.4. The van der Waals surface area contributed by atoms with E-state index < -0.39 is 7.80 Å². The Kier molecular flexibility index (Phi) is 4.01. The quantitative estimate of drug-likeness (QED) is 0.743. The lowest BCUT2D eigenvalue weighted by molar-refractivity contribution is 0.594. The summed E-state index contributed by atoms with van der Waals surface area (Å²) in [4.78, 5) is 6.73. The highest BCUT2D eigenvalue weighted by Gasteiger charge is 2.48. The zero-order valence-electron chi connectivity index (χ0n) is 15.9. The number of fused-ring (bicyclic) bond motifs is 2. The highest BCUT2D eigenvalue weighted by atomic mass is 31.1. The van der Waals surface area contributed by atoms with E-state index in [1.54, 1.807) is 10.9 Å². The second-order valence-electron chi connectivity index (χ2n) is 7.38. The van der Waals surface area contributed by atoms with Crippen LogP contribution in [0.2, 0.25) is 0 Å². The number of aliphatic imine (C=N–C) groups is 1. The minimum Gasteiger partial charge on any atom is -0.343 e. The van der Waals surface area contributed by atoms with E-state index in [1.165, 1.54) is 5.56 Å². The number of allylic oxidation sites excluding steroid dienone is 2. The molecule has 27 heavy (non-hydrogen) atoms. The normalized spacial score (nSPS) is 21.1. The predicted octanol–water partition coefficient (Wildman–Crippen LogP) is 3.91. The second-order valence-corrected chi connectivity index (χ2v) is 8.89. The Balaban J connectivity index is 1.87. The van der Waals surface area contributed by atoms with Crippen LogP contribution in [-0.4, -0.2) is 23.0 Å². The molecule has 0 radical (unpaired) electrons. The molecule has 0 fully saturated rings. The fourth-order valence-corrected chi connectivity index (χ4v) is 5.86. The number of likely N-dealkylation sites (N-methyl/N-ethyl adjacent to an activating group) is 1. The van der Waals surface area contributed by atoms with Gasteiger partial charge in [-0.05, 0) is 32.4 Å². The fourth-order valence-electron chi connectivity index (χ4n) is 4.14. The fraction of sp³-hybridized carbons (Fsp3) is 0.350. The van der Waals surface area contributed by atoms with Gasteiger partial charge in [-0.1, -0.05) is 22.8 Å². The van der Waals surface area contributed by atoms with Gasteiger partial charge in [0.25, 0.3) is 5.30 Å². The molecule has 0 saturated carbocycles. The first-order chi connectivity index (χ1) is 12.9. The highest BCUT2D eigenvalue weighted by Crippen LogP contribution is 2.52. The molecule has 0 N–H and O–H groups in total. The van der Waals surface area contributed by atoms with E-state index in [9.17, 15) is 4.57 Å². The number of hydrogen-bond acceptors (Lipinski definition) is 5. The minimum absolute atomic E-state index is 0.264. The monoisotopic (exact) mass is 378 g/mol. The maximum absolute atomic E-state index is 13.6. The van der Waals surface area contributed by atoms with Crippen molar-refractivity contribution < 1.29 is 4.57 Å². The number of hydrogen-bond donors (Lipinski definition) is 0. The van der Waals surface area contributed by atoms with Crippen LogP contribution in [0.25, 0.3) is 0 Å². The number of nitrogens with zero attached hydrogens (tertiary/aromatic N) is 5. The average Bonchev–Trinajstić information content (AvgIpc) is 3.07. The standard InChI is InChI=1S/C20H21N5OP/c1-13-17-19(25(23-13)11-7-10-21)22-12-16(27(17)26)18-20(2,3)14-8-5-6-9-15(14)24(18)4/h5-6,8-9,12H,7,11H2,1-4H3/q+1. The van der Waals surface area contributed by atoms with E-state index in [2.05, 4.69) is 47.0 Å². The molecule has 2 aliphatic rings. The third-order valence-corrected chi connectivity index (χ3v) is 7.04. The molecule has 0 aliphatic carbocycles. The summed E-state index contributed by atoms with van der Waals surface area (Å²) in [6.45, 7) is 6.63. The molecule has 1 aromatic heterocycles. The zero-order valence-corrected chi connectivity index (χ0v) is 16.8. The van der Waals surface area contributed by atoms with Gasteiger partial charge in [0, 0.05) is 18.2 Å². The van der Waals surface area contributed by atoms with E-state index in [-0.39, 0.29) is 5.41 Å². The molecule has 0 amide bonds. The maximum Gasteiger partial charge on any atom is 0.424 e. The molecule has 3 heterocycles. The van der Waals surface area contributed by atoms with Crippen molar-refractivity contribution in [1.82, 2.24) is 9.78 Å². The van der Waals surface area contributed by atoms with Gasteiger partial charge in [-0.25, -0.2) is 9.67 Å². The average molecular weight is 378 g/mol. The summed E-state index contributed by atoms with van der Waals surface area (Å²) in [5, 5.41) is 14.8. The van der Waals surface area contributed by atoms with Gasteiger partial charge in [-0.15, -0.1) is 0 Å². The molecular weight excluding hydrogens is 357 g/mol. The van der Waals surface area contributed by atoms with Crippen LogP contribution in [-0.2, 0) is 16.5 Å². The molecule has 1 aromatic carbocycles. The summed E-state index contributed by atoms with van der Waals surface area (Å²) < 4.78 is 15.2. The Hall–Kier alpha value is -2.77. The highest BCUT2D eigenvalue weighted by molar-refractivity contribution is 7.59. The van der Waals surface area contributed by atoms with Gasteiger partial charge < -0.3 is 4.90 Å². The Morgan fingerprint density at radius 2 is 2.04 bits per heavy atom.